The van der Waals surface area contributed by atoms with Crippen molar-refractivity contribution in [1.29, 1.82) is 0 Å². The zero-order valence-electron chi connectivity index (χ0n) is 49.3. The number of aliphatic hydroxyl groups excluding tert-OH is 1. The van der Waals surface area contributed by atoms with Crippen molar-refractivity contribution in [1.82, 2.24) is 57.8 Å². The zero-order valence-corrected chi connectivity index (χ0v) is 51.0. The highest BCUT2D eigenvalue weighted by molar-refractivity contribution is 7.98. The van der Waals surface area contributed by atoms with Crippen LogP contribution < -0.4 is 53.6 Å². The van der Waals surface area contributed by atoms with Crippen LogP contribution >= 0.6 is 24.4 Å². The number of hydrogen-bond acceptors (Lipinski definition) is 14. The molecule has 26 heteroatoms. The molecule has 0 unspecified atom stereocenters. The Balaban J connectivity index is 1.56. The first kappa shape index (κ1) is 69.3. The third kappa shape index (κ3) is 21.5. The van der Waals surface area contributed by atoms with Crippen LogP contribution in [0.2, 0.25) is 0 Å². The number of nitrogens with two attached hydrogens (primary N) is 1. The summed E-state index contributed by atoms with van der Waals surface area (Å²) >= 11 is 5.68. The molecule has 0 saturated heterocycles. The van der Waals surface area contributed by atoms with Crippen LogP contribution in [0.1, 0.15) is 92.2 Å². The van der Waals surface area contributed by atoms with Gasteiger partial charge in [0.25, 0.3) is 0 Å². The van der Waals surface area contributed by atoms with E-state index in [1.54, 1.807) is 46.2 Å². The van der Waals surface area contributed by atoms with Crippen LogP contribution in [-0.4, -0.2) is 165 Å². The number of rotatable bonds is 35. The van der Waals surface area contributed by atoms with Crippen LogP contribution in [0.5, 0.6) is 0 Å². The maximum atomic E-state index is 14.7. The van der Waals surface area contributed by atoms with Gasteiger partial charge < -0.3 is 73.8 Å². The molecule has 24 nitrogen and oxygen atoms in total. The predicted octanol–water partition coefficient (Wildman–Crippen LogP) is 1.31. The van der Waals surface area contributed by atoms with E-state index >= 15 is 0 Å². The van der Waals surface area contributed by atoms with E-state index in [-0.39, 0.29) is 62.0 Å². The molecule has 462 valence electrons. The molecule has 4 aromatic rings. The summed E-state index contributed by atoms with van der Waals surface area (Å²) in [6.07, 6.45) is 5.56. The predicted molar refractivity (Wildman–Crippen MR) is 325 cm³/mol. The Labute approximate surface area is 499 Å². The van der Waals surface area contributed by atoms with Gasteiger partial charge in [0.05, 0.1) is 13.2 Å². The Morgan fingerprint density at radius 1 is 0.536 bits per heavy atom. The fourth-order valence-electron chi connectivity index (χ4n) is 9.29. The van der Waals surface area contributed by atoms with Gasteiger partial charge in [-0.05, 0) is 84.6 Å². The fraction of sp³-hybridized carbons (Fsp3) is 0.552. The van der Waals surface area contributed by atoms with E-state index in [4.69, 9.17) is 5.73 Å². The monoisotopic (exact) mass is 1210 g/mol. The Morgan fingerprint density at radius 2 is 0.952 bits per heavy atom. The molecule has 0 aliphatic heterocycles. The lowest BCUT2D eigenvalue weighted by atomic mass is 9.98. The number of carbonyl (C=O) groups excluding carboxylic acids is 9. The quantitative estimate of drug-likeness (QED) is 0.0289. The molecule has 4 rings (SSSR count). The van der Waals surface area contributed by atoms with E-state index in [0.717, 1.165) is 21.8 Å². The van der Waals surface area contributed by atoms with Gasteiger partial charge >= 0.3 is 5.97 Å². The molecule has 0 radical (unpaired) electrons. The molecule has 9 amide bonds. The van der Waals surface area contributed by atoms with Gasteiger partial charge in [-0.25, -0.2) is 4.79 Å². The number of carboxylic acid groups (broad SMARTS) is 1. The highest BCUT2D eigenvalue weighted by Gasteiger charge is 2.36. The number of fused-ring (bicyclic) bond motifs is 2. The Hall–Kier alpha value is -7.16. The highest BCUT2D eigenvalue weighted by Crippen LogP contribution is 2.22. The van der Waals surface area contributed by atoms with Crippen LogP contribution in [0.25, 0.3) is 21.8 Å². The molecule has 2 aromatic heterocycles. The molecule has 0 aliphatic rings. The SMILES string of the molecule is CSCC[C@H](NC(=O)[C@@H](N)CO)C(=O)N[C@H](C(=O)N[C@@H](Cc1c[nH]c2ccccc12)C(=O)N[C@@H](CC(C)C)C(=O)N[C@@H](CC(C)C)C(=O)NCC(=O)N[C@@H](Cc1c[nH]c2ccccc12)C(=O)N[C@@H](CS)C(=O)N[C@@H](CC(C)C)C(=O)O)C(C)C. The maximum Gasteiger partial charge on any atom is 0.326 e. The van der Waals surface area contributed by atoms with Crippen LogP contribution in [-0.2, 0) is 60.8 Å². The average molecular weight is 1210 g/mol. The number of thioether (sulfide) groups is 1. The molecule has 15 N–H and O–H groups in total. The number of aliphatic hydroxyl groups is 1. The van der Waals surface area contributed by atoms with Crippen molar-refractivity contribution < 1.29 is 58.2 Å². The number of carboxylic acids is 1. The lowest BCUT2D eigenvalue weighted by molar-refractivity contribution is -0.142. The van der Waals surface area contributed by atoms with Gasteiger partial charge in [0.2, 0.25) is 53.2 Å². The minimum absolute atomic E-state index is 0.0662. The van der Waals surface area contributed by atoms with Crippen molar-refractivity contribution >= 4 is 105 Å². The summed E-state index contributed by atoms with van der Waals surface area (Å²) in [6, 6.07) is 3.34. The summed E-state index contributed by atoms with van der Waals surface area (Å²) in [5, 5.41) is 44.7. The molecule has 0 fully saturated rings. The molecule has 0 saturated carbocycles. The van der Waals surface area contributed by atoms with Crippen LogP contribution in [0.3, 0.4) is 0 Å². The molecule has 2 aromatic carbocycles. The standard InChI is InChI=1S/C58H86N12O12S2/c1-30(2)20-42(51(74)62-27-48(72)63-44(23-34-25-60-39-16-12-10-14-36(34)39)54(77)69-47(29-83)56(79)68-46(58(81)82)22-32(5)6)65-53(76)43(21-31(3)4)66-55(78)45(24-35-26-61-40-17-13-11-15-37(35)40)67-57(80)49(33(7)8)70-52(75)41(18-19-84-9)64-50(73)38(59)28-71/h10-17,25-26,30-33,38,41-47,49,60-61,71,83H,18-24,27-29,59H2,1-9H3,(H,62,74)(H,63,72)(H,64,73)(H,65,76)(H,66,78)(H,67,80)(H,68,79)(H,69,77)(H,70,75)(H,81,82)/t38-,41-,42-,43-,44-,45-,46-,47-,49-/m0/s1. The number of aromatic amines is 2. The summed E-state index contributed by atoms with van der Waals surface area (Å²) in [6.45, 7) is 13.0. The summed E-state index contributed by atoms with van der Waals surface area (Å²) < 4.78 is 0. The molecule has 2 heterocycles. The Morgan fingerprint density at radius 3 is 1.43 bits per heavy atom. The van der Waals surface area contributed by atoms with E-state index < -0.39 is 133 Å². The number of benzene rings is 2. The van der Waals surface area contributed by atoms with E-state index in [1.165, 1.54) is 11.8 Å². The van der Waals surface area contributed by atoms with E-state index in [1.807, 2.05) is 76.4 Å². The number of nitrogens with one attached hydrogen (secondary N) is 11. The van der Waals surface area contributed by atoms with Gasteiger partial charge in [-0.1, -0.05) is 91.8 Å². The van der Waals surface area contributed by atoms with Gasteiger partial charge in [-0.15, -0.1) is 0 Å². The van der Waals surface area contributed by atoms with Gasteiger partial charge in [0, 0.05) is 52.8 Å². The Kier molecular flexibility index (Phi) is 28.0. The van der Waals surface area contributed by atoms with Crippen molar-refractivity contribution in [3.05, 3.63) is 72.1 Å². The minimum atomic E-state index is -1.33. The van der Waals surface area contributed by atoms with Crippen molar-refractivity contribution in [2.75, 3.05) is 30.9 Å². The van der Waals surface area contributed by atoms with Gasteiger partial charge in [0.1, 0.15) is 54.4 Å². The largest absolute Gasteiger partial charge is 0.480 e. The molecule has 84 heavy (non-hydrogen) atoms. The van der Waals surface area contributed by atoms with Crippen molar-refractivity contribution in [2.24, 2.45) is 29.4 Å². The van der Waals surface area contributed by atoms with Crippen molar-refractivity contribution in [3.63, 3.8) is 0 Å². The van der Waals surface area contributed by atoms with Gasteiger partial charge in [-0.2, -0.15) is 24.4 Å². The number of amides is 9. The van der Waals surface area contributed by atoms with Gasteiger partial charge in [0.15, 0.2) is 0 Å². The molecule has 9 atom stereocenters. The molecule has 0 spiro atoms. The minimum Gasteiger partial charge on any atom is -0.480 e. The summed E-state index contributed by atoms with van der Waals surface area (Å²) in [7, 11) is 0. The number of aliphatic carboxylic acids is 1. The molecular weight excluding hydrogens is 1120 g/mol. The lowest BCUT2D eigenvalue weighted by Gasteiger charge is -2.29. The second kappa shape index (κ2) is 34.0. The van der Waals surface area contributed by atoms with Crippen molar-refractivity contribution in [2.45, 2.75) is 148 Å². The summed E-state index contributed by atoms with van der Waals surface area (Å²) in [5.74, 6) is -8.76. The number of para-hydroxylation sites is 2. The first-order chi connectivity index (χ1) is 39.8. The van der Waals surface area contributed by atoms with Crippen LogP contribution in [0.4, 0.5) is 0 Å². The first-order valence-electron chi connectivity index (χ1n) is 28.3. The topological polar surface area (TPSA) is 377 Å². The molecule has 0 bridgehead atoms. The van der Waals surface area contributed by atoms with Crippen molar-refractivity contribution in [3.8, 4) is 0 Å². The Bertz CT molecular complexity index is 2890. The van der Waals surface area contributed by atoms with Gasteiger partial charge in [-0.3, -0.25) is 43.2 Å². The molecular formula is C58H86N12O12S2. The van der Waals surface area contributed by atoms with Crippen LogP contribution in [0, 0.1) is 23.7 Å². The fourth-order valence-corrected chi connectivity index (χ4v) is 10.0. The smallest absolute Gasteiger partial charge is 0.326 e. The highest BCUT2D eigenvalue weighted by atomic mass is 32.2. The van der Waals surface area contributed by atoms with E-state index in [9.17, 15) is 58.2 Å². The lowest BCUT2D eigenvalue weighted by Crippen LogP contribution is -2.61. The van der Waals surface area contributed by atoms with Crippen LogP contribution in [0.15, 0.2) is 60.9 Å². The maximum absolute atomic E-state index is 14.7. The normalized spacial score (nSPS) is 14.8. The third-order valence-corrected chi connectivity index (χ3v) is 14.8. The number of thiol groups is 1. The molecule has 0 aliphatic carbocycles. The van der Waals surface area contributed by atoms with E-state index in [0.29, 0.717) is 16.9 Å². The first-order valence-corrected chi connectivity index (χ1v) is 30.3. The second-order valence-corrected chi connectivity index (χ2v) is 23.9. The summed E-state index contributed by atoms with van der Waals surface area (Å²) in [5.41, 5.74) is 8.54. The average Bonchev–Trinajstić information content (AvgIpc) is 4.28. The number of H-pyrrole nitrogens is 2. The second-order valence-electron chi connectivity index (χ2n) is 22.5. The summed E-state index contributed by atoms with van der Waals surface area (Å²) in [4.78, 5) is 144. The van der Waals surface area contributed by atoms with E-state index in [2.05, 4.69) is 70.4 Å². The number of aromatic nitrogens is 2. The number of carbonyl (C=O) groups is 10. The number of hydrogen-bond donors (Lipinski definition) is 15. The third-order valence-electron chi connectivity index (χ3n) is 13.7. The zero-order chi connectivity index (χ0) is 62.4.